The lowest BCUT2D eigenvalue weighted by Crippen LogP contribution is -2.22. The lowest BCUT2D eigenvalue weighted by molar-refractivity contribution is 0.889. The predicted octanol–water partition coefficient (Wildman–Crippen LogP) is 3.72. The van der Waals surface area contributed by atoms with Crippen LogP contribution in [0, 0.1) is 11.3 Å². The number of aromatic nitrogens is 3. The molecule has 0 unspecified atom stereocenters. The van der Waals surface area contributed by atoms with Crippen molar-refractivity contribution in [2.24, 2.45) is 0 Å². The number of anilines is 2. The number of hydrogen-bond donors (Lipinski definition) is 2. The Morgan fingerprint density at radius 3 is 2.50 bits per heavy atom. The van der Waals surface area contributed by atoms with E-state index in [0.29, 0.717) is 10.4 Å². The van der Waals surface area contributed by atoms with E-state index in [1.807, 2.05) is 61.5 Å². The highest BCUT2D eigenvalue weighted by atomic mass is 35.5. The largest absolute Gasteiger partial charge is 0.382 e. The van der Waals surface area contributed by atoms with Crippen molar-refractivity contribution in [2.75, 3.05) is 11.5 Å². The molecule has 0 amide bonds. The van der Waals surface area contributed by atoms with Crippen LogP contribution in [0.4, 0.5) is 11.8 Å². The Hall–Kier alpha value is -3.89. The van der Waals surface area contributed by atoms with Gasteiger partial charge in [0.15, 0.2) is 0 Å². The Kier molecular flexibility index (Phi) is 6.30. The molecule has 0 aliphatic carbocycles. The lowest BCUT2D eigenvalue weighted by atomic mass is 10.1. The number of nitrogens with two attached hydrogens (primary N) is 2. The Bertz CT molecular complexity index is 1300. The standard InChI is InChI=1S/C17H14ClNO.C5H5N5/c1-2-13-11-12-7-6-10-15(18)16(12)17(20)19(13)14-8-4-3-5-9-14;6-1-3-2-9-5(8)10-4(3)7/h3-11H,2H2,1H3;2H,(H4,7,8,9,10). The molecule has 2 aromatic carbocycles. The Morgan fingerprint density at radius 1 is 1.13 bits per heavy atom. The van der Waals surface area contributed by atoms with E-state index in [-0.39, 0.29) is 22.9 Å². The zero-order valence-corrected chi connectivity index (χ0v) is 17.0. The SMILES string of the molecule is CCc1cc2cccc(Cl)c2c(=O)n1-c1ccccc1.N#Cc1cnc(N)nc1N. The van der Waals surface area contributed by atoms with Crippen LogP contribution in [-0.2, 0) is 6.42 Å². The molecule has 4 N–H and O–H groups in total. The minimum atomic E-state index is -0.0591. The Balaban J connectivity index is 0.000000216. The van der Waals surface area contributed by atoms with Gasteiger partial charge in [-0.05, 0) is 36.1 Å². The molecule has 7 nitrogen and oxygen atoms in total. The molecule has 4 aromatic rings. The maximum absolute atomic E-state index is 12.8. The molecular weight excluding hydrogens is 400 g/mol. The molecule has 0 radical (unpaired) electrons. The summed E-state index contributed by atoms with van der Waals surface area (Å²) in [6, 6.07) is 19.1. The van der Waals surface area contributed by atoms with E-state index < -0.39 is 0 Å². The van der Waals surface area contributed by atoms with Gasteiger partial charge in [0, 0.05) is 11.4 Å². The third kappa shape index (κ3) is 4.24. The maximum atomic E-state index is 12.8. The van der Waals surface area contributed by atoms with Gasteiger partial charge >= 0.3 is 0 Å². The number of fused-ring (bicyclic) bond motifs is 1. The van der Waals surface area contributed by atoms with Gasteiger partial charge in [-0.15, -0.1) is 0 Å². The summed E-state index contributed by atoms with van der Waals surface area (Å²) in [6.45, 7) is 2.05. The number of nitriles is 1. The highest BCUT2D eigenvalue weighted by Crippen LogP contribution is 2.22. The molecule has 4 rings (SSSR count). The van der Waals surface area contributed by atoms with Gasteiger partial charge in [-0.1, -0.05) is 48.9 Å². The van der Waals surface area contributed by atoms with E-state index in [9.17, 15) is 4.79 Å². The molecule has 2 heterocycles. The van der Waals surface area contributed by atoms with Crippen molar-refractivity contribution in [3.8, 4) is 11.8 Å². The molecule has 0 spiro atoms. The van der Waals surface area contributed by atoms with Crippen LogP contribution in [0.3, 0.4) is 0 Å². The van der Waals surface area contributed by atoms with Gasteiger partial charge in [0.05, 0.1) is 16.6 Å². The van der Waals surface area contributed by atoms with Gasteiger partial charge in [0.25, 0.3) is 5.56 Å². The Morgan fingerprint density at radius 2 is 1.87 bits per heavy atom. The summed E-state index contributed by atoms with van der Waals surface area (Å²) in [5.41, 5.74) is 12.5. The number of para-hydroxylation sites is 1. The van der Waals surface area contributed by atoms with Crippen LogP contribution in [0.1, 0.15) is 18.2 Å². The fourth-order valence-electron chi connectivity index (χ4n) is 2.99. The molecular formula is C22H19ClN6O. The number of hydrogen-bond acceptors (Lipinski definition) is 6. The fourth-order valence-corrected chi connectivity index (χ4v) is 3.25. The molecule has 30 heavy (non-hydrogen) atoms. The first-order valence-electron chi connectivity index (χ1n) is 9.13. The normalized spacial score (nSPS) is 10.2. The highest BCUT2D eigenvalue weighted by molar-refractivity contribution is 6.35. The van der Waals surface area contributed by atoms with Gasteiger partial charge in [-0.3, -0.25) is 9.36 Å². The predicted molar refractivity (Wildman–Crippen MR) is 120 cm³/mol. The van der Waals surface area contributed by atoms with E-state index in [0.717, 1.165) is 23.2 Å². The van der Waals surface area contributed by atoms with Gasteiger partial charge in [0.1, 0.15) is 17.5 Å². The van der Waals surface area contributed by atoms with E-state index in [1.54, 1.807) is 10.6 Å². The first-order chi connectivity index (χ1) is 14.5. The topological polar surface area (TPSA) is 124 Å². The number of halogens is 1. The number of rotatable bonds is 2. The fraction of sp³-hybridized carbons (Fsp3) is 0.0909. The molecule has 0 aliphatic rings. The number of pyridine rings is 1. The quantitative estimate of drug-likeness (QED) is 0.511. The van der Waals surface area contributed by atoms with Gasteiger partial charge in [-0.25, -0.2) is 4.98 Å². The summed E-state index contributed by atoms with van der Waals surface area (Å²) in [5, 5.41) is 10.3. The van der Waals surface area contributed by atoms with E-state index in [1.165, 1.54) is 6.20 Å². The van der Waals surface area contributed by atoms with Crippen molar-refractivity contribution in [1.82, 2.24) is 14.5 Å². The molecule has 0 saturated carbocycles. The van der Waals surface area contributed by atoms with Crippen molar-refractivity contribution >= 4 is 34.1 Å². The van der Waals surface area contributed by atoms with E-state index in [4.69, 9.17) is 28.3 Å². The summed E-state index contributed by atoms with van der Waals surface area (Å²) in [6.07, 6.45) is 2.07. The number of benzene rings is 2. The minimum absolute atomic E-state index is 0.0591. The first kappa shape index (κ1) is 20.8. The van der Waals surface area contributed by atoms with Crippen LogP contribution in [0.5, 0.6) is 0 Å². The average Bonchev–Trinajstić information content (AvgIpc) is 2.74. The monoisotopic (exact) mass is 418 g/mol. The smallest absolute Gasteiger partial charge is 0.264 e. The van der Waals surface area contributed by atoms with Crippen LogP contribution in [0.15, 0.2) is 65.6 Å². The summed E-state index contributed by atoms with van der Waals surface area (Å²) < 4.78 is 1.74. The zero-order chi connectivity index (χ0) is 21.7. The van der Waals surface area contributed by atoms with Crippen LogP contribution in [-0.4, -0.2) is 14.5 Å². The van der Waals surface area contributed by atoms with Crippen molar-refractivity contribution in [1.29, 1.82) is 5.26 Å². The van der Waals surface area contributed by atoms with Crippen molar-refractivity contribution in [3.63, 3.8) is 0 Å². The summed E-state index contributed by atoms with van der Waals surface area (Å²) in [4.78, 5) is 19.9. The molecule has 0 bridgehead atoms. The number of nitrogens with zero attached hydrogens (tertiary/aromatic N) is 4. The maximum Gasteiger partial charge on any atom is 0.264 e. The number of aryl methyl sites for hydroxylation is 1. The van der Waals surface area contributed by atoms with Crippen molar-refractivity contribution in [2.45, 2.75) is 13.3 Å². The third-order valence-corrected chi connectivity index (χ3v) is 4.72. The molecule has 0 fully saturated rings. The highest BCUT2D eigenvalue weighted by Gasteiger charge is 2.11. The molecule has 150 valence electrons. The van der Waals surface area contributed by atoms with Crippen molar-refractivity contribution in [3.05, 3.63) is 87.4 Å². The molecule has 2 aromatic heterocycles. The second-order valence-electron chi connectivity index (χ2n) is 6.31. The molecule has 8 heteroatoms. The van der Waals surface area contributed by atoms with Crippen LogP contribution >= 0.6 is 11.6 Å². The van der Waals surface area contributed by atoms with E-state index >= 15 is 0 Å². The van der Waals surface area contributed by atoms with E-state index in [2.05, 4.69) is 9.97 Å². The first-order valence-corrected chi connectivity index (χ1v) is 9.50. The summed E-state index contributed by atoms with van der Waals surface area (Å²) in [7, 11) is 0. The minimum Gasteiger partial charge on any atom is -0.382 e. The van der Waals surface area contributed by atoms with Gasteiger partial charge in [0.2, 0.25) is 5.95 Å². The van der Waals surface area contributed by atoms with Gasteiger partial charge in [-0.2, -0.15) is 10.2 Å². The molecule has 0 atom stereocenters. The summed E-state index contributed by atoms with van der Waals surface area (Å²) >= 11 is 6.20. The second-order valence-corrected chi connectivity index (χ2v) is 6.72. The van der Waals surface area contributed by atoms with Crippen LogP contribution in [0.25, 0.3) is 16.5 Å². The zero-order valence-electron chi connectivity index (χ0n) is 16.2. The van der Waals surface area contributed by atoms with Crippen LogP contribution < -0.4 is 17.0 Å². The Labute approximate surface area is 178 Å². The van der Waals surface area contributed by atoms with Crippen LogP contribution in [0.2, 0.25) is 5.02 Å². The lowest BCUT2D eigenvalue weighted by Gasteiger charge is -2.14. The average molecular weight is 419 g/mol. The number of nitrogen functional groups attached to an aromatic ring is 2. The second kappa shape index (κ2) is 9.07. The molecule has 0 aliphatic heterocycles. The third-order valence-electron chi connectivity index (χ3n) is 4.41. The van der Waals surface area contributed by atoms with Crippen molar-refractivity contribution < 1.29 is 0 Å². The van der Waals surface area contributed by atoms with Gasteiger partial charge < -0.3 is 11.5 Å². The molecule has 0 saturated heterocycles. The summed E-state index contributed by atoms with van der Waals surface area (Å²) in [5.74, 6) is 0.200.